The molecule has 0 bridgehead atoms. The van der Waals surface area contributed by atoms with Crippen LogP contribution in [0.25, 0.3) is 11.1 Å². The average Bonchev–Trinajstić information content (AvgIpc) is 2.93. The molecule has 0 N–H and O–H groups in total. The molecule has 1 aromatic heterocycles. The number of aromatic nitrogens is 1. The summed E-state index contributed by atoms with van der Waals surface area (Å²) < 4.78 is 11.0. The lowest BCUT2D eigenvalue weighted by Crippen LogP contribution is -2.02. The fourth-order valence-electron chi connectivity index (χ4n) is 1.95. The SMILES string of the molecule is O=[N+]([O-])c1ccccc1OCCSc1nc2cc(Cl)ccc2o1. The molecular weight excluding hydrogens is 340 g/mol. The van der Waals surface area contributed by atoms with Gasteiger partial charge in [0.2, 0.25) is 0 Å². The van der Waals surface area contributed by atoms with Crippen LogP contribution in [-0.4, -0.2) is 22.3 Å². The molecule has 1 heterocycles. The third-order valence-corrected chi connectivity index (χ3v) is 3.99. The third-order valence-electron chi connectivity index (χ3n) is 2.96. The number of benzene rings is 2. The second-order valence-electron chi connectivity index (χ2n) is 4.51. The molecule has 23 heavy (non-hydrogen) atoms. The molecule has 2 aromatic carbocycles. The topological polar surface area (TPSA) is 78.4 Å². The average molecular weight is 351 g/mol. The van der Waals surface area contributed by atoms with Crippen LogP contribution >= 0.6 is 23.4 Å². The van der Waals surface area contributed by atoms with Gasteiger partial charge in [-0.15, -0.1) is 0 Å². The number of hydrogen-bond donors (Lipinski definition) is 0. The number of nitrogens with zero attached hydrogens (tertiary/aromatic N) is 2. The molecule has 3 aromatic rings. The molecule has 0 spiro atoms. The molecule has 0 atom stereocenters. The smallest absolute Gasteiger partial charge is 0.310 e. The maximum atomic E-state index is 10.9. The summed E-state index contributed by atoms with van der Waals surface area (Å²) in [6.45, 7) is 0.301. The van der Waals surface area contributed by atoms with Crippen LogP contribution < -0.4 is 4.74 Å². The molecule has 6 nitrogen and oxygen atoms in total. The summed E-state index contributed by atoms with van der Waals surface area (Å²) in [5.74, 6) is 0.800. The van der Waals surface area contributed by atoms with E-state index in [0.717, 1.165) is 0 Å². The van der Waals surface area contributed by atoms with Gasteiger partial charge in [-0.3, -0.25) is 10.1 Å². The lowest BCUT2D eigenvalue weighted by Gasteiger charge is -2.05. The van der Waals surface area contributed by atoms with Gasteiger partial charge in [0.05, 0.1) is 11.5 Å². The molecule has 0 aliphatic rings. The molecule has 0 amide bonds. The maximum Gasteiger partial charge on any atom is 0.310 e. The van der Waals surface area contributed by atoms with Gasteiger partial charge in [-0.2, -0.15) is 0 Å². The van der Waals surface area contributed by atoms with Crippen LogP contribution in [0, 0.1) is 10.1 Å². The van der Waals surface area contributed by atoms with Gasteiger partial charge in [-0.1, -0.05) is 35.5 Å². The Morgan fingerprint density at radius 1 is 1.30 bits per heavy atom. The number of fused-ring (bicyclic) bond motifs is 1. The quantitative estimate of drug-likeness (QED) is 0.280. The Kier molecular flexibility index (Phi) is 4.68. The van der Waals surface area contributed by atoms with Gasteiger partial charge < -0.3 is 9.15 Å². The Morgan fingerprint density at radius 3 is 2.96 bits per heavy atom. The van der Waals surface area contributed by atoms with E-state index in [1.54, 1.807) is 36.4 Å². The molecule has 0 fully saturated rings. The van der Waals surface area contributed by atoms with E-state index in [1.165, 1.54) is 17.8 Å². The highest BCUT2D eigenvalue weighted by atomic mass is 35.5. The van der Waals surface area contributed by atoms with E-state index in [-0.39, 0.29) is 11.4 Å². The number of ether oxygens (including phenoxy) is 1. The van der Waals surface area contributed by atoms with Crippen molar-refractivity contribution in [3.05, 3.63) is 57.6 Å². The first kappa shape index (κ1) is 15.6. The molecule has 0 radical (unpaired) electrons. The van der Waals surface area contributed by atoms with Crippen LogP contribution in [0.4, 0.5) is 5.69 Å². The first-order chi connectivity index (χ1) is 11.1. The molecular formula is C15H11ClN2O4S. The third kappa shape index (κ3) is 3.75. The Bertz CT molecular complexity index is 852. The zero-order chi connectivity index (χ0) is 16.2. The summed E-state index contributed by atoms with van der Waals surface area (Å²) in [6.07, 6.45) is 0. The lowest BCUT2D eigenvalue weighted by atomic mass is 10.3. The summed E-state index contributed by atoms with van der Waals surface area (Å²) in [5.41, 5.74) is 1.31. The zero-order valence-corrected chi connectivity index (χ0v) is 13.3. The number of oxazole rings is 1. The highest BCUT2D eigenvalue weighted by Gasteiger charge is 2.13. The van der Waals surface area contributed by atoms with Crippen LogP contribution in [0.3, 0.4) is 0 Å². The monoisotopic (exact) mass is 350 g/mol. The van der Waals surface area contributed by atoms with Crippen molar-refractivity contribution < 1.29 is 14.1 Å². The van der Waals surface area contributed by atoms with E-state index in [1.807, 2.05) is 0 Å². The number of para-hydroxylation sites is 2. The molecule has 8 heteroatoms. The zero-order valence-electron chi connectivity index (χ0n) is 11.8. The number of rotatable bonds is 6. The van der Waals surface area contributed by atoms with Crippen molar-refractivity contribution in [1.29, 1.82) is 0 Å². The Balaban J connectivity index is 1.58. The van der Waals surface area contributed by atoms with E-state index in [0.29, 0.717) is 33.7 Å². The minimum absolute atomic E-state index is 0.0472. The molecule has 0 saturated heterocycles. The molecule has 0 unspecified atom stereocenters. The lowest BCUT2D eigenvalue weighted by molar-refractivity contribution is -0.385. The molecule has 118 valence electrons. The standard InChI is InChI=1S/C15H11ClN2O4S/c16-10-5-6-13-11(9-10)17-15(22-13)23-8-7-21-14-4-2-1-3-12(14)18(19)20/h1-6,9H,7-8H2. The van der Waals surface area contributed by atoms with Crippen molar-refractivity contribution in [2.75, 3.05) is 12.4 Å². The number of hydrogen-bond acceptors (Lipinski definition) is 6. The number of nitro benzene ring substituents is 1. The van der Waals surface area contributed by atoms with Crippen molar-refractivity contribution in [2.45, 2.75) is 5.22 Å². The predicted molar refractivity (Wildman–Crippen MR) is 88.3 cm³/mol. The summed E-state index contributed by atoms with van der Waals surface area (Å²) >= 11 is 7.27. The van der Waals surface area contributed by atoms with Gasteiger partial charge in [-0.25, -0.2) is 4.98 Å². The van der Waals surface area contributed by atoms with Crippen LogP contribution in [-0.2, 0) is 0 Å². The predicted octanol–water partition coefficient (Wildman–Crippen LogP) is 4.56. The summed E-state index contributed by atoms with van der Waals surface area (Å²) in [5, 5.41) is 12.0. The molecule has 0 saturated carbocycles. The first-order valence-electron chi connectivity index (χ1n) is 6.68. The van der Waals surface area contributed by atoms with Crippen molar-refractivity contribution in [1.82, 2.24) is 4.98 Å². The minimum atomic E-state index is -0.465. The van der Waals surface area contributed by atoms with Gasteiger partial charge in [0.25, 0.3) is 5.22 Å². The Morgan fingerprint density at radius 2 is 2.13 bits per heavy atom. The van der Waals surface area contributed by atoms with Gasteiger partial charge in [-0.05, 0) is 24.3 Å². The van der Waals surface area contributed by atoms with Gasteiger partial charge in [0.15, 0.2) is 11.3 Å². The minimum Gasteiger partial charge on any atom is -0.486 e. The second kappa shape index (κ2) is 6.89. The van der Waals surface area contributed by atoms with Crippen LogP contribution in [0.2, 0.25) is 5.02 Å². The van der Waals surface area contributed by atoms with Crippen molar-refractivity contribution in [3.63, 3.8) is 0 Å². The second-order valence-corrected chi connectivity index (χ2v) is 6.00. The van der Waals surface area contributed by atoms with Gasteiger partial charge in [0.1, 0.15) is 5.52 Å². The largest absolute Gasteiger partial charge is 0.486 e. The van der Waals surface area contributed by atoms with E-state index in [4.69, 9.17) is 20.8 Å². The Hall–Kier alpha value is -2.25. The highest BCUT2D eigenvalue weighted by molar-refractivity contribution is 7.99. The summed E-state index contributed by atoms with van der Waals surface area (Å²) in [6, 6.07) is 11.5. The number of thioether (sulfide) groups is 1. The molecule has 0 aliphatic heterocycles. The van der Waals surface area contributed by atoms with Crippen molar-refractivity contribution in [3.8, 4) is 5.75 Å². The highest BCUT2D eigenvalue weighted by Crippen LogP contribution is 2.27. The summed E-state index contributed by atoms with van der Waals surface area (Å²) in [4.78, 5) is 14.7. The van der Waals surface area contributed by atoms with Crippen LogP contribution in [0.1, 0.15) is 0 Å². The fraction of sp³-hybridized carbons (Fsp3) is 0.133. The Labute approximate surface area is 140 Å². The van der Waals surface area contributed by atoms with E-state index in [2.05, 4.69) is 4.98 Å². The van der Waals surface area contributed by atoms with Crippen LogP contribution in [0.15, 0.2) is 52.1 Å². The molecule has 3 rings (SSSR count). The van der Waals surface area contributed by atoms with E-state index >= 15 is 0 Å². The van der Waals surface area contributed by atoms with Gasteiger partial charge in [0, 0.05) is 16.8 Å². The normalized spacial score (nSPS) is 10.8. The molecule has 0 aliphatic carbocycles. The number of nitro groups is 1. The fourth-order valence-corrected chi connectivity index (χ4v) is 2.77. The number of halogens is 1. The van der Waals surface area contributed by atoms with Crippen molar-refractivity contribution in [2.24, 2.45) is 0 Å². The van der Waals surface area contributed by atoms with Crippen LogP contribution in [0.5, 0.6) is 5.75 Å². The van der Waals surface area contributed by atoms with Gasteiger partial charge >= 0.3 is 5.69 Å². The summed E-state index contributed by atoms with van der Waals surface area (Å²) in [7, 11) is 0. The van der Waals surface area contributed by atoms with E-state index < -0.39 is 4.92 Å². The van der Waals surface area contributed by atoms with Crippen molar-refractivity contribution >= 4 is 40.1 Å². The first-order valence-corrected chi connectivity index (χ1v) is 8.05. The van der Waals surface area contributed by atoms with E-state index in [9.17, 15) is 10.1 Å². The maximum absolute atomic E-state index is 10.9.